The Kier molecular flexibility index (Phi) is 5.58. The van der Waals surface area contributed by atoms with Crippen LogP contribution in [0.2, 0.25) is 0 Å². The summed E-state index contributed by atoms with van der Waals surface area (Å²) in [6.45, 7) is 5.69. The molecule has 27 heavy (non-hydrogen) atoms. The number of carbonyl (C=O) groups is 2. The van der Waals surface area contributed by atoms with Crippen LogP contribution >= 0.6 is 0 Å². The number of amides is 2. The first-order chi connectivity index (χ1) is 12.3. The maximum atomic E-state index is 13.1. The zero-order valence-corrected chi connectivity index (χ0v) is 15.5. The Morgan fingerprint density at radius 1 is 1.22 bits per heavy atom. The van der Waals surface area contributed by atoms with Gasteiger partial charge in [-0.2, -0.15) is 13.2 Å². The van der Waals surface area contributed by atoms with E-state index >= 15 is 0 Å². The molecule has 2 rings (SSSR count). The van der Waals surface area contributed by atoms with Crippen molar-refractivity contribution in [1.29, 1.82) is 0 Å². The summed E-state index contributed by atoms with van der Waals surface area (Å²) < 4.78 is 49.7. The van der Waals surface area contributed by atoms with Gasteiger partial charge in [0, 0.05) is 13.0 Å². The van der Waals surface area contributed by atoms with E-state index in [1.165, 1.54) is 13.0 Å². The Morgan fingerprint density at radius 3 is 2.33 bits per heavy atom. The molecule has 2 N–H and O–H groups in total. The molecule has 1 saturated carbocycles. The summed E-state index contributed by atoms with van der Waals surface area (Å²) in [5, 5.41) is 4.84. The highest BCUT2D eigenvalue weighted by Crippen LogP contribution is 2.57. The number of hydrogen-bond donors (Lipinski definition) is 2. The van der Waals surface area contributed by atoms with Gasteiger partial charge in [0.1, 0.15) is 23.4 Å². The van der Waals surface area contributed by atoms with Crippen molar-refractivity contribution in [2.45, 2.75) is 52.3 Å². The number of anilines is 2. The molecule has 150 valence electrons. The monoisotopic (exact) mass is 389 g/mol. The second-order valence-corrected chi connectivity index (χ2v) is 7.44. The van der Waals surface area contributed by atoms with Crippen molar-refractivity contribution in [2.24, 2.45) is 5.41 Å². The summed E-state index contributed by atoms with van der Waals surface area (Å²) in [7, 11) is 0. The Bertz CT molecular complexity index is 725. The zero-order valence-electron chi connectivity index (χ0n) is 15.5. The molecule has 2 amide bonds. The first-order valence-electron chi connectivity index (χ1n) is 8.28. The van der Waals surface area contributed by atoms with Crippen LogP contribution in [-0.4, -0.2) is 35.4 Å². The van der Waals surface area contributed by atoms with Crippen molar-refractivity contribution in [3.05, 3.63) is 12.3 Å². The second kappa shape index (κ2) is 7.24. The van der Waals surface area contributed by atoms with E-state index in [2.05, 4.69) is 15.6 Å². The molecule has 0 spiro atoms. The van der Waals surface area contributed by atoms with E-state index < -0.39 is 35.8 Å². The van der Waals surface area contributed by atoms with E-state index in [4.69, 9.17) is 9.47 Å². The van der Waals surface area contributed by atoms with Crippen LogP contribution in [0.25, 0.3) is 0 Å². The average Bonchev–Trinajstić information content (AvgIpc) is 3.24. The number of hydrogen-bond acceptors (Lipinski definition) is 5. The van der Waals surface area contributed by atoms with Gasteiger partial charge < -0.3 is 14.8 Å². The van der Waals surface area contributed by atoms with Gasteiger partial charge in [0.15, 0.2) is 5.75 Å². The maximum absolute atomic E-state index is 13.1. The van der Waals surface area contributed by atoms with Gasteiger partial charge in [-0.1, -0.05) is 0 Å². The molecule has 0 aromatic carbocycles. The predicted molar refractivity (Wildman–Crippen MR) is 91.6 cm³/mol. The van der Waals surface area contributed by atoms with Crippen molar-refractivity contribution in [1.82, 2.24) is 4.98 Å². The summed E-state index contributed by atoms with van der Waals surface area (Å²) in [6, 6.07) is 1.29. The Labute approximate surface area is 154 Å². The highest BCUT2D eigenvalue weighted by molar-refractivity contribution is 5.91. The maximum Gasteiger partial charge on any atom is 0.412 e. The lowest BCUT2D eigenvalue weighted by molar-refractivity contribution is -0.194. The number of rotatable bonds is 5. The van der Waals surface area contributed by atoms with Crippen LogP contribution in [0.5, 0.6) is 5.75 Å². The highest BCUT2D eigenvalue weighted by atomic mass is 19.4. The normalized spacial score (nSPS) is 15.7. The molecule has 1 fully saturated rings. The van der Waals surface area contributed by atoms with E-state index in [9.17, 15) is 22.8 Å². The fraction of sp³-hybridized carbons (Fsp3) is 0.588. The topological polar surface area (TPSA) is 89.6 Å². The largest absolute Gasteiger partial charge is 0.489 e. The molecule has 10 heteroatoms. The molecule has 0 saturated heterocycles. The number of aromatic nitrogens is 1. The van der Waals surface area contributed by atoms with Crippen LogP contribution in [-0.2, 0) is 9.53 Å². The smallest absolute Gasteiger partial charge is 0.412 e. The number of nitrogens with one attached hydrogen (secondary N) is 2. The van der Waals surface area contributed by atoms with Gasteiger partial charge in [0.25, 0.3) is 0 Å². The second-order valence-electron chi connectivity index (χ2n) is 7.44. The molecule has 1 aromatic rings. The Balaban J connectivity index is 2.19. The molecule has 0 atom stereocenters. The molecular weight excluding hydrogens is 367 g/mol. The molecule has 1 aromatic heterocycles. The fourth-order valence-corrected chi connectivity index (χ4v) is 2.19. The zero-order chi connectivity index (χ0) is 20.5. The SMILES string of the molecule is CC(=O)Nc1cc(NC(=O)OC(C)(C)C)c(OCC2(C(F)(F)F)CC2)cn1. The van der Waals surface area contributed by atoms with Crippen LogP contribution in [0.3, 0.4) is 0 Å². The van der Waals surface area contributed by atoms with Crippen LogP contribution in [0.15, 0.2) is 12.3 Å². The molecule has 1 heterocycles. The van der Waals surface area contributed by atoms with Crippen molar-refractivity contribution < 1.29 is 32.2 Å². The number of nitrogens with zero attached hydrogens (tertiary/aromatic N) is 1. The van der Waals surface area contributed by atoms with Crippen LogP contribution < -0.4 is 15.4 Å². The van der Waals surface area contributed by atoms with Crippen LogP contribution in [0.1, 0.15) is 40.5 Å². The first-order valence-corrected chi connectivity index (χ1v) is 8.28. The molecule has 0 radical (unpaired) electrons. The minimum atomic E-state index is -4.37. The van der Waals surface area contributed by atoms with Gasteiger partial charge in [0.2, 0.25) is 5.91 Å². The van der Waals surface area contributed by atoms with Crippen molar-refractivity contribution in [3.8, 4) is 5.75 Å². The van der Waals surface area contributed by atoms with E-state index in [1.54, 1.807) is 20.8 Å². The number of halogens is 3. The lowest BCUT2D eigenvalue weighted by atomic mass is 10.1. The van der Waals surface area contributed by atoms with E-state index in [0.717, 1.165) is 6.20 Å². The standard InChI is InChI=1S/C17H22F3N3O4/c1-10(24)22-13-7-11(23-14(25)27-15(2,3)4)12(8-21-13)26-9-16(5-6-16)17(18,19)20/h7-8H,5-6,9H2,1-4H3,(H2,21,22,23,24,25). The van der Waals surface area contributed by atoms with Gasteiger partial charge in [-0.25, -0.2) is 9.78 Å². The Hall–Kier alpha value is -2.52. The number of carbonyl (C=O) groups excluding carboxylic acids is 2. The van der Waals surface area contributed by atoms with Gasteiger partial charge in [0.05, 0.1) is 11.9 Å². The van der Waals surface area contributed by atoms with Gasteiger partial charge >= 0.3 is 12.3 Å². The van der Waals surface area contributed by atoms with Gasteiger partial charge in [-0.3, -0.25) is 10.1 Å². The van der Waals surface area contributed by atoms with E-state index in [0.29, 0.717) is 0 Å². The number of ether oxygens (including phenoxy) is 2. The van der Waals surface area contributed by atoms with Crippen LogP contribution in [0, 0.1) is 5.41 Å². The average molecular weight is 389 g/mol. The highest BCUT2D eigenvalue weighted by Gasteiger charge is 2.63. The third kappa shape index (κ3) is 5.73. The molecule has 1 aliphatic rings. The van der Waals surface area contributed by atoms with Crippen LogP contribution in [0.4, 0.5) is 29.5 Å². The lowest BCUT2D eigenvalue weighted by Gasteiger charge is -2.22. The van der Waals surface area contributed by atoms with E-state index in [1.807, 2.05) is 0 Å². The molecular formula is C17H22F3N3O4. The number of alkyl halides is 3. The van der Waals surface area contributed by atoms with E-state index in [-0.39, 0.29) is 30.1 Å². The summed E-state index contributed by atoms with van der Waals surface area (Å²) >= 11 is 0. The summed E-state index contributed by atoms with van der Waals surface area (Å²) in [4.78, 5) is 27.1. The third-order valence-electron chi connectivity index (χ3n) is 3.77. The lowest BCUT2D eigenvalue weighted by Crippen LogP contribution is -2.31. The van der Waals surface area contributed by atoms with Gasteiger partial charge in [-0.15, -0.1) is 0 Å². The quantitative estimate of drug-likeness (QED) is 0.791. The fourth-order valence-electron chi connectivity index (χ4n) is 2.19. The molecule has 0 bridgehead atoms. The summed E-state index contributed by atoms with van der Waals surface area (Å²) in [5.41, 5.74) is -2.60. The minimum Gasteiger partial charge on any atom is -0.489 e. The van der Waals surface area contributed by atoms with Crippen molar-refractivity contribution in [3.63, 3.8) is 0 Å². The molecule has 0 unspecified atom stereocenters. The van der Waals surface area contributed by atoms with Crippen molar-refractivity contribution in [2.75, 3.05) is 17.2 Å². The Morgan fingerprint density at radius 2 is 1.85 bits per heavy atom. The third-order valence-corrected chi connectivity index (χ3v) is 3.77. The number of pyridine rings is 1. The molecule has 1 aliphatic carbocycles. The summed E-state index contributed by atoms with van der Waals surface area (Å²) in [6.07, 6.45) is -4.06. The predicted octanol–water partition coefficient (Wildman–Crippen LogP) is 4.11. The summed E-state index contributed by atoms with van der Waals surface area (Å²) in [5.74, 6) is -0.336. The molecule has 7 nitrogen and oxygen atoms in total. The molecule has 0 aliphatic heterocycles. The minimum absolute atomic E-state index is 0.0112. The van der Waals surface area contributed by atoms with Crippen molar-refractivity contribution >= 4 is 23.5 Å². The van der Waals surface area contributed by atoms with Gasteiger partial charge in [-0.05, 0) is 33.6 Å². The first kappa shape index (κ1) is 20.8.